The quantitative estimate of drug-likeness (QED) is 0.590. The standard InChI is InChI=1S/C21H23N3O5/c1-29-17-8-4-15(5-9-17)24-20(27)18(23-21(24)28)10-11-19(26)22-13-12-14-2-6-16(25)7-3-14/h2-9,18,25H,10-13H2,1H3,(H,22,26)(H,23,28)/t18-/m0/s1. The Morgan fingerprint density at radius 2 is 1.83 bits per heavy atom. The maximum atomic E-state index is 12.6. The third kappa shape index (κ3) is 5.04. The second-order valence-electron chi connectivity index (χ2n) is 6.68. The maximum absolute atomic E-state index is 12.6. The van der Waals surface area contributed by atoms with E-state index in [2.05, 4.69) is 10.6 Å². The van der Waals surface area contributed by atoms with Crippen molar-refractivity contribution in [2.75, 3.05) is 18.6 Å². The summed E-state index contributed by atoms with van der Waals surface area (Å²) in [6.45, 7) is 0.451. The molecule has 0 radical (unpaired) electrons. The normalized spacial score (nSPS) is 15.9. The molecule has 2 aromatic rings. The average molecular weight is 397 g/mol. The van der Waals surface area contributed by atoms with E-state index in [1.807, 2.05) is 0 Å². The second kappa shape index (κ2) is 9.09. The molecule has 29 heavy (non-hydrogen) atoms. The van der Waals surface area contributed by atoms with Crippen LogP contribution in [0, 0.1) is 0 Å². The number of nitrogens with zero attached hydrogens (tertiary/aromatic N) is 1. The van der Waals surface area contributed by atoms with Gasteiger partial charge in [0, 0.05) is 13.0 Å². The lowest BCUT2D eigenvalue weighted by Gasteiger charge is -2.13. The molecule has 8 heteroatoms. The molecule has 1 aliphatic rings. The minimum atomic E-state index is -0.729. The van der Waals surface area contributed by atoms with E-state index < -0.39 is 12.1 Å². The number of carbonyl (C=O) groups is 3. The predicted molar refractivity (Wildman–Crippen MR) is 107 cm³/mol. The first-order valence-corrected chi connectivity index (χ1v) is 9.31. The van der Waals surface area contributed by atoms with E-state index in [0.29, 0.717) is 24.4 Å². The minimum Gasteiger partial charge on any atom is -0.508 e. The Morgan fingerprint density at radius 1 is 1.14 bits per heavy atom. The van der Waals surface area contributed by atoms with Gasteiger partial charge in [-0.15, -0.1) is 0 Å². The fraction of sp³-hybridized carbons (Fsp3) is 0.286. The number of phenolic OH excluding ortho intramolecular Hbond substituents is 1. The molecule has 3 N–H and O–H groups in total. The van der Waals surface area contributed by atoms with Crippen molar-refractivity contribution in [1.29, 1.82) is 0 Å². The van der Waals surface area contributed by atoms with E-state index in [1.54, 1.807) is 48.5 Å². The number of carbonyl (C=O) groups excluding carboxylic acids is 3. The van der Waals surface area contributed by atoms with Crippen LogP contribution in [0.2, 0.25) is 0 Å². The van der Waals surface area contributed by atoms with Crippen LogP contribution in [0.5, 0.6) is 11.5 Å². The molecular weight excluding hydrogens is 374 g/mol. The molecule has 4 amide bonds. The molecule has 0 spiro atoms. The Morgan fingerprint density at radius 3 is 2.48 bits per heavy atom. The van der Waals surface area contributed by atoms with Gasteiger partial charge in [0.1, 0.15) is 17.5 Å². The average Bonchev–Trinajstić information content (AvgIpc) is 3.01. The number of methoxy groups -OCH3 is 1. The van der Waals surface area contributed by atoms with Crippen LogP contribution in [-0.4, -0.2) is 42.6 Å². The van der Waals surface area contributed by atoms with Gasteiger partial charge >= 0.3 is 6.03 Å². The Labute approximate surface area is 168 Å². The van der Waals surface area contributed by atoms with Gasteiger partial charge in [-0.2, -0.15) is 0 Å². The number of benzene rings is 2. The highest BCUT2D eigenvalue weighted by atomic mass is 16.5. The van der Waals surface area contributed by atoms with Crippen LogP contribution in [-0.2, 0) is 16.0 Å². The molecule has 1 saturated heterocycles. The Kier molecular flexibility index (Phi) is 6.33. The number of phenols is 1. The molecule has 1 atom stereocenters. The van der Waals surface area contributed by atoms with E-state index in [1.165, 1.54) is 7.11 Å². The first-order valence-electron chi connectivity index (χ1n) is 9.31. The van der Waals surface area contributed by atoms with Gasteiger partial charge in [0.2, 0.25) is 5.91 Å². The monoisotopic (exact) mass is 397 g/mol. The van der Waals surface area contributed by atoms with Crippen molar-refractivity contribution < 1.29 is 24.2 Å². The van der Waals surface area contributed by atoms with Crippen molar-refractivity contribution >= 4 is 23.5 Å². The van der Waals surface area contributed by atoms with Gasteiger partial charge in [-0.25, -0.2) is 9.69 Å². The van der Waals surface area contributed by atoms with Crippen molar-refractivity contribution in [2.24, 2.45) is 0 Å². The molecule has 0 aromatic heterocycles. The molecule has 1 heterocycles. The van der Waals surface area contributed by atoms with Crippen LogP contribution in [0.1, 0.15) is 18.4 Å². The maximum Gasteiger partial charge on any atom is 0.329 e. The molecule has 1 aliphatic heterocycles. The van der Waals surface area contributed by atoms with Crippen LogP contribution in [0.3, 0.4) is 0 Å². The van der Waals surface area contributed by atoms with Gasteiger partial charge in [-0.05, 0) is 54.8 Å². The minimum absolute atomic E-state index is 0.128. The van der Waals surface area contributed by atoms with E-state index in [-0.39, 0.29) is 30.4 Å². The van der Waals surface area contributed by atoms with Crippen molar-refractivity contribution in [1.82, 2.24) is 10.6 Å². The summed E-state index contributed by atoms with van der Waals surface area (Å²) < 4.78 is 5.08. The number of anilines is 1. The first kappa shape index (κ1) is 20.2. The summed E-state index contributed by atoms with van der Waals surface area (Å²) >= 11 is 0. The number of aromatic hydroxyl groups is 1. The molecular formula is C21H23N3O5. The van der Waals surface area contributed by atoms with Gasteiger partial charge in [0.25, 0.3) is 5.91 Å². The summed E-state index contributed by atoms with van der Waals surface area (Å²) in [6, 6.07) is 12.2. The van der Waals surface area contributed by atoms with E-state index >= 15 is 0 Å². The summed E-state index contributed by atoms with van der Waals surface area (Å²) in [5.41, 5.74) is 1.45. The van der Waals surface area contributed by atoms with E-state index in [4.69, 9.17) is 4.74 Å². The largest absolute Gasteiger partial charge is 0.508 e. The molecule has 2 aromatic carbocycles. The van der Waals surface area contributed by atoms with Crippen LogP contribution in [0.15, 0.2) is 48.5 Å². The summed E-state index contributed by atoms with van der Waals surface area (Å²) in [4.78, 5) is 37.9. The summed E-state index contributed by atoms with van der Waals surface area (Å²) in [5.74, 6) is 0.261. The zero-order chi connectivity index (χ0) is 20.8. The Hall–Kier alpha value is -3.55. The highest BCUT2D eigenvalue weighted by molar-refractivity contribution is 6.21. The van der Waals surface area contributed by atoms with Gasteiger partial charge in [0.15, 0.2) is 0 Å². The van der Waals surface area contributed by atoms with E-state index in [0.717, 1.165) is 10.5 Å². The Balaban J connectivity index is 1.46. The number of nitrogens with one attached hydrogen (secondary N) is 2. The Bertz CT molecular complexity index is 880. The molecule has 1 fully saturated rings. The number of amides is 4. The topological polar surface area (TPSA) is 108 Å². The predicted octanol–water partition coefficient (Wildman–Crippen LogP) is 1.96. The van der Waals surface area contributed by atoms with Gasteiger partial charge in [-0.1, -0.05) is 12.1 Å². The number of imide groups is 1. The van der Waals surface area contributed by atoms with Gasteiger partial charge < -0.3 is 20.5 Å². The number of hydrogen-bond acceptors (Lipinski definition) is 5. The van der Waals surface area contributed by atoms with Crippen molar-refractivity contribution in [2.45, 2.75) is 25.3 Å². The molecule has 0 bridgehead atoms. The van der Waals surface area contributed by atoms with Crippen LogP contribution < -0.4 is 20.3 Å². The first-order chi connectivity index (χ1) is 14.0. The zero-order valence-electron chi connectivity index (χ0n) is 16.1. The number of rotatable bonds is 8. The van der Waals surface area contributed by atoms with Gasteiger partial charge in [-0.3, -0.25) is 9.59 Å². The van der Waals surface area contributed by atoms with Crippen molar-refractivity contribution in [3.8, 4) is 11.5 Å². The van der Waals surface area contributed by atoms with Crippen LogP contribution in [0.4, 0.5) is 10.5 Å². The van der Waals surface area contributed by atoms with Gasteiger partial charge in [0.05, 0.1) is 12.8 Å². The SMILES string of the molecule is COc1ccc(N2C(=O)N[C@@H](CCC(=O)NCCc3ccc(O)cc3)C2=O)cc1. The van der Waals surface area contributed by atoms with Crippen LogP contribution in [0.25, 0.3) is 0 Å². The summed E-state index contributed by atoms with van der Waals surface area (Å²) in [6.07, 6.45) is 0.987. The smallest absolute Gasteiger partial charge is 0.329 e. The third-order valence-electron chi connectivity index (χ3n) is 4.68. The highest BCUT2D eigenvalue weighted by Crippen LogP contribution is 2.23. The number of hydrogen-bond donors (Lipinski definition) is 3. The summed E-state index contributed by atoms with van der Waals surface area (Å²) in [5, 5.41) is 14.7. The fourth-order valence-electron chi connectivity index (χ4n) is 3.08. The number of urea groups is 1. The van der Waals surface area contributed by atoms with Crippen molar-refractivity contribution in [3.05, 3.63) is 54.1 Å². The third-order valence-corrected chi connectivity index (χ3v) is 4.68. The van der Waals surface area contributed by atoms with Crippen LogP contribution >= 0.6 is 0 Å². The number of ether oxygens (including phenoxy) is 1. The zero-order valence-corrected chi connectivity index (χ0v) is 16.1. The second-order valence-corrected chi connectivity index (χ2v) is 6.68. The molecule has 152 valence electrons. The van der Waals surface area contributed by atoms with E-state index in [9.17, 15) is 19.5 Å². The molecule has 0 aliphatic carbocycles. The summed E-state index contributed by atoms with van der Waals surface area (Å²) in [7, 11) is 1.54. The molecule has 8 nitrogen and oxygen atoms in total. The highest BCUT2D eigenvalue weighted by Gasteiger charge is 2.38. The lowest BCUT2D eigenvalue weighted by molar-refractivity contribution is -0.121. The molecule has 3 rings (SSSR count). The molecule has 0 saturated carbocycles. The molecule has 0 unspecified atom stereocenters. The fourth-order valence-corrected chi connectivity index (χ4v) is 3.08. The lowest BCUT2D eigenvalue weighted by Crippen LogP contribution is -2.33. The lowest BCUT2D eigenvalue weighted by atomic mass is 10.1. The van der Waals surface area contributed by atoms with Crippen molar-refractivity contribution in [3.63, 3.8) is 0 Å².